The molecule has 5 nitrogen and oxygen atoms in total. The number of ether oxygens (including phenoxy) is 2. The summed E-state index contributed by atoms with van der Waals surface area (Å²) < 4.78 is 13.0. The van der Waals surface area contributed by atoms with E-state index in [2.05, 4.69) is 29.1 Å². The number of aromatic nitrogens is 2. The van der Waals surface area contributed by atoms with Crippen LogP contribution in [-0.4, -0.2) is 16.3 Å². The van der Waals surface area contributed by atoms with Gasteiger partial charge in [0.1, 0.15) is 11.5 Å². The number of rotatable bonds is 2. The summed E-state index contributed by atoms with van der Waals surface area (Å²) in [7, 11) is 2.13. The van der Waals surface area contributed by atoms with Gasteiger partial charge in [-0.1, -0.05) is 0 Å². The number of hydrogen-bond donors (Lipinski definition) is 1. The van der Waals surface area contributed by atoms with Crippen molar-refractivity contribution in [2.24, 2.45) is 7.05 Å². The van der Waals surface area contributed by atoms with Crippen LogP contribution in [0, 0.1) is 0 Å². The fourth-order valence-corrected chi connectivity index (χ4v) is 3.81. The summed E-state index contributed by atoms with van der Waals surface area (Å²) >= 11 is 0. The van der Waals surface area contributed by atoms with Crippen LogP contribution in [0.25, 0.3) is 11.0 Å². The number of benzene rings is 1. The second-order valence-electron chi connectivity index (χ2n) is 6.45. The lowest BCUT2D eigenvalue weighted by Gasteiger charge is -2.12. The minimum Gasteiger partial charge on any atom is -0.454 e. The number of fused-ring (bicyclic) bond motifs is 4. The molecule has 1 N–H and O–H groups in total. The van der Waals surface area contributed by atoms with Crippen LogP contribution in [0.15, 0.2) is 30.3 Å². The molecule has 2 aromatic heterocycles. The molecule has 0 atom stereocenters. The van der Waals surface area contributed by atoms with E-state index in [9.17, 15) is 0 Å². The number of pyridine rings is 1. The highest BCUT2D eigenvalue weighted by atomic mass is 16.7. The molecule has 1 aliphatic carbocycles. The molecule has 1 aliphatic heterocycles. The van der Waals surface area contributed by atoms with Crippen LogP contribution in [-0.2, 0) is 19.9 Å². The van der Waals surface area contributed by atoms with Gasteiger partial charge >= 0.3 is 0 Å². The summed E-state index contributed by atoms with van der Waals surface area (Å²) in [4.78, 5) is 4.85. The third-order valence-corrected chi connectivity index (χ3v) is 5.01. The molecule has 0 saturated heterocycles. The summed E-state index contributed by atoms with van der Waals surface area (Å²) in [6.07, 6.45) is 4.89. The lowest BCUT2D eigenvalue weighted by Crippen LogP contribution is -2.05. The zero-order chi connectivity index (χ0) is 16.1. The molecule has 0 saturated carbocycles. The van der Waals surface area contributed by atoms with Gasteiger partial charge in [-0.05, 0) is 55.5 Å². The molecule has 0 fully saturated rings. The fraction of sp³-hybridized carbons (Fsp3) is 0.316. The highest BCUT2D eigenvalue weighted by Crippen LogP contribution is 2.36. The predicted molar refractivity (Wildman–Crippen MR) is 93.2 cm³/mol. The Morgan fingerprint density at radius 3 is 2.88 bits per heavy atom. The lowest BCUT2D eigenvalue weighted by molar-refractivity contribution is 0.174. The minimum atomic E-state index is 0.290. The fourth-order valence-electron chi connectivity index (χ4n) is 3.81. The van der Waals surface area contributed by atoms with Crippen molar-refractivity contribution in [3.8, 4) is 11.5 Å². The van der Waals surface area contributed by atoms with E-state index >= 15 is 0 Å². The summed E-state index contributed by atoms with van der Waals surface area (Å²) in [5, 5.41) is 4.67. The van der Waals surface area contributed by atoms with E-state index in [0.717, 1.165) is 35.1 Å². The first kappa shape index (κ1) is 13.7. The van der Waals surface area contributed by atoms with E-state index in [4.69, 9.17) is 14.5 Å². The Kier molecular flexibility index (Phi) is 2.95. The van der Waals surface area contributed by atoms with Crippen LogP contribution in [0.4, 0.5) is 11.5 Å². The van der Waals surface area contributed by atoms with Crippen LogP contribution < -0.4 is 14.8 Å². The van der Waals surface area contributed by atoms with Gasteiger partial charge in [-0.3, -0.25) is 0 Å². The second-order valence-corrected chi connectivity index (χ2v) is 6.45. The number of anilines is 2. The van der Waals surface area contributed by atoms with E-state index in [-0.39, 0.29) is 6.79 Å². The topological polar surface area (TPSA) is 48.3 Å². The molecule has 5 heteroatoms. The molecule has 3 aromatic rings. The van der Waals surface area contributed by atoms with Crippen molar-refractivity contribution < 1.29 is 9.47 Å². The third-order valence-electron chi connectivity index (χ3n) is 5.01. The summed E-state index contributed by atoms with van der Waals surface area (Å²) in [6, 6.07) is 10.1. The van der Waals surface area contributed by atoms with Crippen LogP contribution in [0.5, 0.6) is 11.5 Å². The highest BCUT2D eigenvalue weighted by molar-refractivity contribution is 5.84. The smallest absolute Gasteiger partial charge is 0.231 e. The maximum absolute atomic E-state index is 5.43. The van der Waals surface area contributed by atoms with Crippen LogP contribution in [0.3, 0.4) is 0 Å². The number of nitrogens with zero attached hydrogens (tertiary/aromatic N) is 2. The van der Waals surface area contributed by atoms with Gasteiger partial charge in [0.2, 0.25) is 6.79 Å². The quantitative estimate of drug-likeness (QED) is 0.777. The van der Waals surface area contributed by atoms with Crippen molar-refractivity contribution in [2.75, 3.05) is 12.1 Å². The first-order valence-electron chi connectivity index (χ1n) is 8.43. The Bertz CT molecular complexity index is 945. The molecule has 5 rings (SSSR count). The number of nitrogens with one attached hydrogen (secondary N) is 1. The van der Waals surface area contributed by atoms with Crippen molar-refractivity contribution in [2.45, 2.75) is 25.7 Å². The van der Waals surface area contributed by atoms with Crippen molar-refractivity contribution in [1.29, 1.82) is 0 Å². The van der Waals surface area contributed by atoms with Gasteiger partial charge in [0.15, 0.2) is 11.5 Å². The minimum absolute atomic E-state index is 0.290. The summed E-state index contributed by atoms with van der Waals surface area (Å²) in [5.74, 6) is 2.41. The average Bonchev–Trinajstić information content (AvgIpc) is 3.19. The Hall–Kier alpha value is -2.69. The Labute approximate surface area is 140 Å². The van der Waals surface area contributed by atoms with Crippen LogP contribution in [0.2, 0.25) is 0 Å². The zero-order valence-electron chi connectivity index (χ0n) is 13.6. The molecule has 24 heavy (non-hydrogen) atoms. The Morgan fingerprint density at radius 2 is 1.92 bits per heavy atom. The molecule has 0 spiro atoms. The third kappa shape index (κ3) is 2.04. The average molecular weight is 321 g/mol. The van der Waals surface area contributed by atoms with E-state index in [1.54, 1.807) is 0 Å². The highest BCUT2D eigenvalue weighted by Gasteiger charge is 2.19. The zero-order valence-corrected chi connectivity index (χ0v) is 13.6. The van der Waals surface area contributed by atoms with Gasteiger partial charge < -0.3 is 19.4 Å². The van der Waals surface area contributed by atoms with Crippen LogP contribution >= 0.6 is 0 Å². The SMILES string of the molecule is Cn1c2c(c3ccc(Nc4ccc5c(c4)OCO5)nc31)CCCC2. The molecule has 122 valence electrons. The molecular weight excluding hydrogens is 302 g/mol. The maximum Gasteiger partial charge on any atom is 0.231 e. The van der Waals surface area contributed by atoms with Crippen molar-refractivity contribution in [1.82, 2.24) is 9.55 Å². The second kappa shape index (κ2) is 5.16. The standard InChI is InChI=1S/C19H19N3O2/c1-22-15-5-3-2-4-13(15)14-7-9-18(21-19(14)22)20-12-6-8-16-17(10-12)24-11-23-16/h6-10H,2-5,11H2,1H3,(H,20,21). The van der Waals surface area contributed by atoms with Gasteiger partial charge in [0.25, 0.3) is 0 Å². The first-order chi connectivity index (χ1) is 11.8. The van der Waals surface area contributed by atoms with Gasteiger partial charge in [-0.25, -0.2) is 4.98 Å². The van der Waals surface area contributed by atoms with Gasteiger partial charge in [0.05, 0.1) is 0 Å². The van der Waals surface area contributed by atoms with E-state index in [0.29, 0.717) is 0 Å². The van der Waals surface area contributed by atoms with E-state index < -0.39 is 0 Å². The molecule has 3 heterocycles. The van der Waals surface area contributed by atoms with E-state index in [1.165, 1.54) is 35.9 Å². The predicted octanol–water partition coefficient (Wildman–Crippen LogP) is 3.92. The molecule has 1 aromatic carbocycles. The first-order valence-corrected chi connectivity index (χ1v) is 8.43. The van der Waals surface area contributed by atoms with E-state index in [1.807, 2.05) is 18.2 Å². The van der Waals surface area contributed by atoms with Crippen molar-refractivity contribution in [3.63, 3.8) is 0 Å². The van der Waals surface area contributed by atoms with Gasteiger partial charge in [-0.2, -0.15) is 0 Å². The van der Waals surface area contributed by atoms with Crippen molar-refractivity contribution >= 4 is 22.5 Å². The lowest BCUT2D eigenvalue weighted by atomic mass is 9.96. The normalized spacial score (nSPS) is 15.5. The van der Waals surface area contributed by atoms with Crippen molar-refractivity contribution in [3.05, 3.63) is 41.6 Å². The maximum atomic E-state index is 5.43. The Morgan fingerprint density at radius 1 is 1.04 bits per heavy atom. The molecule has 0 radical (unpaired) electrons. The monoisotopic (exact) mass is 321 g/mol. The molecular formula is C19H19N3O2. The number of hydrogen-bond acceptors (Lipinski definition) is 4. The molecule has 0 bridgehead atoms. The van der Waals surface area contributed by atoms with Crippen LogP contribution in [0.1, 0.15) is 24.1 Å². The summed E-state index contributed by atoms with van der Waals surface area (Å²) in [6.45, 7) is 0.290. The van der Waals surface area contributed by atoms with Gasteiger partial charge in [0, 0.05) is 29.9 Å². The molecule has 0 amide bonds. The number of aryl methyl sites for hydroxylation is 2. The largest absolute Gasteiger partial charge is 0.454 e. The molecule has 2 aliphatic rings. The Balaban J connectivity index is 1.52. The summed E-state index contributed by atoms with van der Waals surface area (Å²) in [5.41, 5.74) is 4.95. The molecule has 0 unspecified atom stereocenters. The van der Waals surface area contributed by atoms with Gasteiger partial charge in [-0.15, -0.1) is 0 Å².